The summed E-state index contributed by atoms with van der Waals surface area (Å²) in [5, 5.41) is 0. The van der Waals surface area contributed by atoms with Gasteiger partial charge in [0.15, 0.2) is 0 Å². The van der Waals surface area contributed by atoms with Crippen molar-refractivity contribution in [3.63, 3.8) is 0 Å². The van der Waals surface area contributed by atoms with Crippen molar-refractivity contribution in [2.75, 3.05) is 7.11 Å². The van der Waals surface area contributed by atoms with Crippen molar-refractivity contribution < 1.29 is 13.2 Å². The Labute approximate surface area is 120 Å². The molecule has 1 aromatic rings. The number of nitrogens with one attached hydrogen (secondary N) is 1. The van der Waals surface area contributed by atoms with E-state index in [1.54, 1.807) is 12.1 Å². The third-order valence-corrected chi connectivity index (χ3v) is 5.25. The molecular formula is C14H22N2O3S. The average Bonchev–Trinajstić information content (AvgIpc) is 2.41. The van der Waals surface area contributed by atoms with E-state index in [1.165, 1.54) is 7.11 Å². The summed E-state index contributed by atoms with van der Waals surface area (Å²) < 4.78 is 32.9. The minimum atomic E-state index is -3.61. The van der Waals surface area contributed by atoms with Gasteiger partial charge in [0, 0.05) is 12.1 Å². The number of sulfonamides is 1. The summed E-state index contributed by atoms with van der Waals surface area (Å²) in [5.74, 6) is 0.354. The minimum absolute atomic E-state index is 0.116. The number of benzene rings is 1. The van der Waals surface area contributed by atoms with Crippen molar-refractivity contribution in [3.05, 3.63) is 23.8 Å². The largest absolute Gasteiger partial charge is 0.495 e. The van der Waals surface area contributed by atoms with Crippen molar-refractivity contribution in [2.24, 2.45) is 5.73 Å². The van der Waals surface area contributed by atoms with Gasteiger partial charge < -0.3 is 10.5 Å². The van der Waals surface area contributed by atoms with Gasteiger partial charge >= 0.3 is 0 Å². The predicted octanol–water partition coefficient (Wildman–Crippen LogP) is 1.55. The van der Waals surface area contributed by atoms with E-state index in [9.17, 15) is 8.42 Å². The molecule has 6 heteroatoms. The second-order valence-corrected chi connectivity index (χ2v) is 7.01. The molecule has 3 N–H and O–H groups in total. The highest BCUT2D eigenvalue weighted by Crippen LogP contribution is 2.26. The van der Waals surface area contributed by atoms with Crippen LogP contribution in [0.25, 0.3) is 0 Å². The van der Waals surface area contributed by atoms with Crippen LogP contribution in [-0.4, -0.2) is 27.6 Å². The summed E-state index contributed by atoms with van der Waals surface area (Å²) in [5.41, 5.74) is 6.88. The van der Waals surface area contributed by atoms with Gasteiger partial charge in [-0.3, -0.25) is 0 Å². The van der Waals surface area contributed by atoms with E-state index < -0.39 is 10.0 Å². The normalized spacial score (nSPS) is 23.6. The molecule has 0 heterocycles. The number of aryl methyl sites for hydroxylation is 1. The highest BCUT2D eigenvalue weighted by molar-refractivity contribution is 7.89. The van der Waals surface area contributed by atoms with E-state index in [0.29, 0.717) is 5.75 Å². The van der Waals surface area contributed by atoms with E-state index in [4.69, 9.17) is 10.5 Å². The molecule has 1 aliphatic carbocycles. The first kappa shape index (κ1) is 15.3. The average molecular weight is 298 g/mol. The Morgan fingerprint density at radius 1 is 1.30 bits per heavy atom. The molecular weight excluding hydrogens is 276 g/mol. The fourth-order valence-corrected chi connectivity index (χ4v) is 4.14. The maximum atomic E-state index is 12.5. The number of hydrogen-bond acceptors (Lipinski definition) is 4. The Bertz CT molecular complexity index is 572. The molecule has 1 saturated carbocycles. The molecule has 20 heavy (non-hydrogen) atoms. The lowest BCUT2D eigenvalue weighted by molar-refractivity contribution is 0.359. The van der Waals surface area contributed by atoms with Crippen molar-refractivity contribution in [3.8, 4) is 5.75 Å². The zero-order valence-electron chi connectivity index (χ0n) is 11.9. The molecule has 1 aromatic carbocycles. The van der Waals surface area contributed by atoms with Gasteiger partial charge in [-0.05, 0) is 37.5 Å². The van der Waals surface area contributed by atoms with Gasteiger partial charge in [0.1, 0.15) is 10.6 Å². The number of methoxy groups -OCH3 is 1. The van der Waals surface area contributed by atoms with E-state index in [0.717, 1.165) is 31.2 Å². The summed E-state index contributed by atoms with van der Waals surface area (Å²) in [4.78, 5) is 0.178. The molecule has 1 aliphatic rings. The summed E-state index contributed by atoms with van der Waals surface area (Å²) in [6.07, 6.45) is 3.71. The van der Waals surface area contributed by atoms with E-state index in [2.05, 4.69) is 4.72 Å². The van der Waals surface area contributed by atoms with Crippen molar-refractivity contribution in [2.45, 2.75) is 49.6 Å². The molecule has 1 fully saturated rings. The third-order valence-electron chi connectivity index (χ3n) is 3.73. The molecule has 2 unspecified atom stereocenters. The lowest BCUT2D eigenvalue weighted by Crippen LogP contribution is -2.49. The van der Waals surface area contributed by atoms with Gasteiger partial charge in [-0.2, -0.15) is 0 Å². The predicted molar refractivity (Wildman–Crippen MR) is 78.3 cm³/mol. The summed E-state index contributed by atoms with van der Waals surface area (Å²) in [7, 11) is -2.14. The van der Waals surface area contributed by atoms with Crippen LogP contribution < -0.4 is 15.2 Å². The van der Waals surface area contributed by atoms with Crippen LogP contribution >= 0.6 is 0 Å². The molecule has 0 aliphatic heterocycles. The zero-order valence-corrected chi connectivity index (χ0v) is 12.7. The smallest absolute Gasteiger partial charge is 0.244 e. The lowest BCUT2D eigenvalue weighted by atomic mass is 9.92. The van der Waals surface area contributed by atoms with Crippen LogP contribution in [0, 0.1) is 6.92 Å². The Hall–Kier alpha value is -1.11. The van der Waals surface area contributed by atoms with Crippen LogP contribution in [-0.2, 0) is 10.0 Å². The Morgan fingerprint density at radius 3 is 2.65 bits per heavy atom. The molecule has 112 valence electrons. The highest BCUT2D eigenvalue weighted by atomic mass is 32.2. The Kier molecular flexibility index (Phi) is 4.67. The van der Waals surface area contributed by atoms with Crippen molar-refractivity contribution in [1.29, 1.82) is 0 Å². The molecule has 0 amide bonds. The maximum Gasteiger partial charge on any atom is 0.244 e. The lowest BCUT2D eigenvalue weighted by Gasteiger charge is -2.29. The number of nitrogens with two attached hydrogens (primary N) is 1. The standard InChI is InChI=1S/C14H22N2O3S/c1-10-7-8-13(19-2)14(9-10)20(17,18)16-12-6-4-3-5-11(12)15/h7-9,11-12,16H,3-6,15H2,1-2H3. The van der Waals surface area contributed by atoms with Gasteiger partial charge in [-0.25, -0.2) is 13.1 Å². The molecule has 0 radical (unpaired) electrons. The monoisotopic (exact) mass is 298 g/mol. The van der Waals surface area contributed by atoms with E-state index in [1.807, 2.05) is 13.0 Å². The van der Waals surface area contributed by atoms with Gasteiger partial charge in [-0.15, -0.1) is 0 Å². The first-order valence-electron chi connectivity index (χ1n) is 6.86. The molecule has 0 aromatic heterocycles. The van der Waals surface area contributed by atoms with Gasteiger partial charge in [0.05, 0.1) is 7.11 Å². The van der Waals surface area contributed by atoms with Crippen LogP contribution in [0.15, 0.2) is 23.1 Å². The molecule has 2 rings (SSSR count). The SMILES string of the molecule is COc1ccc(C)cc1S(=O)(=O)NC1CCCCC1N. The number of ether oxygens (including phenoxy) is 1. The van der Waals surface area contributed by atoms with E-state index in [-0.39, 0.29) is 17.0 Å². The zero-order chi connectivity index (χ0) is 14.8. The molecule has 2 atom stereocenters. The number of hydrogen-bond donors (Lipinski definition) is 2. The topological polar surface area (TPSA) is 81.4 Å². The first-order chi connectivity index (χ1) is 9.44. The summed E-state index contributed by atoms with van der Waals surface area (Å²) >= 11 is 0. The molecule has 0 spiro atoms. The minimum Gasteiger partial charge on any atom is -0.495 e. The summed E-state index contributed by atoms with van der Waals surface area (Å²) in [6.45, 7) is 1.85. The summed E-state index contributed by atoms with van der Waals surface area (Å²) in [6, 6.07) is 4.80. The number of rotatable bonds is 4. The second-order valence-electron chi connectivity index (χ2n) is 5.33. The van der Waals surface area contributed by atoms with Crippen LogP contribution in [0.5, 0.6) is 5.75 Å². The Balaban J connectivity index is 2.28. The highest BCUT2D eigenvalue weighted by Gasteiger charge is 2.28. The maximum absolute atomic E-state index is 12.5. The quantitative estimate of drug-likeness (QED) is 0.883. The van der Waals surface area contributed by atoms with Crippen molar-refractivity contribution >= 4 is 10.0 Å². The molecule has 0 bridgehead atoms. The van der Waals surface area contributed by atoms with Crippen LogP contribution in [0.4, 0.5) is 0 Å². The van der Waals surface area contributed by atoms with Crippen molar-refractivity contribution in [1.82, 2.24) is 4.72 Å². The van der Waals surface area contributed by atoms with Gasteiger partial charge in [0.25, 0.3) is 0 Å². The Morgan fingerprint density at radius 2 is 2.00 bits per heavy atom. The van der Waals surface area contributed by atoms with Gasteiger partial charge in [-0.1, -0.05) is 18.9 Å². The second kappa shape index (κ2) is 6.11. The fourth-order valence-electron chi connectivity index (χ4n) is 2.56. The third kappa shape index (κ3) is 3.31. The molecule has 0 saturated heterocycles. The fraction of sp³-hybridized carbons (Fsp3) is 0.571. The first-order valence-corrected chi connectivity index (χ1v) is 8.35. The van der Waals surface area contributed by atoms with Crippen LogP contribution in [0.3, 0.4) is 0 Å². The van der Waals surface area contributed by atoms with E-state index >= 15 is 0 Å². The van der Waals surface area contributed by atoms with Crippen LogP contribution in [0.1, 0.15) is 31.2 Å². The van der Waals surface area contributed by atoms with Crippen LogP contribution in [0.2, 0.25) is 0 Å². The molecule has 5 nitrogen and oxygen atoms in total. The van der Waals surface area contributed by atoms with Gasteiger partial charge in [0.2, 0.25) is 10.0 Å².